The first-order valence-electron chi connectivity index (χ1n) is 50.3. The maximum Gasteiger partial charge on any atom is 0.290 e. The highest BCUT2D eigenvalue weighted by molar-refractivity contribution is 7.19. The molecule has 4 bridgehead atoms. The summed E-state index contributed by atoms with van der Waals surface area (Å²) in [6.45, 7) is 22.5. The summed E-state index contributed by atoms with van der Waals surface area (Å²) in [6.07, 6.45) is 8.36. The standard InChI is InChI=1S/C28H28N2O6.2C28H30N2O5.C28H30N2O4S.CH2O2/c31-19-8-11-23(24(32)12-19)30-27(33)22-2-1-3-25(26(22)28(30)34)35-16-18-6-4-17(5-7-18)13-29-14-20-9-10-21(15-29)36-20;31-20-8-11-25(26(32)12-20)30-16-24-23(28(30)33)2-1-3-27(24)34-17-19-6-4-18(5-7-19)13-29-14-21-9-10-22(15-29)35-21;1-3-29(4-2)15-18-8-11-26-19(12-18)13-21(35-26)17-34-27-7-5-6-22-23(27)16-30(28(22)33)24-10-9-20(31)14-25(24)32;1-3-29(4-2)15-18-8-9-19-13-21(35-27(19)12-18)17-34-26-7-5-6-22-23(26)16-30(28(22)33)24-11-10-20(31)14-25(24)32;2-1-3/h1-7,20-21,23H,8-16H2;1-7,21-22,25H,8-17H2;5-8,11-13,24H,3-4,9-10,14-17H2,1-2H3;5-9,12-13,24H,3-4,10-11,14-17H2,1-2H3;1H,(H,2,3). The van der Waals surface area contributed by atoms with E-state index in [0.717, 1.165) is 140 Å². The molecular weight excluding hydrogens is 1850 g/mol. The smallest absolute Gasteiger partial charge is 0.290 e. The summed E-state index contributed by atoms with van der Waals surface area (Å²) < 4.78 is 43.5. The highest BCUT2D eigenvalue weighted by atomic mass is 32.1. The van der Waals surface area contributed by atoms with E-state index in [4.69, 9.17) is 42.7 Å². The number of Topliss-reactive ketones (excluding diaryl/α,β-unsaturated/α-hetero) is 8. The summed E-state index contributed by atoms with van der Waals surface area (Å²) in [5.41, 5.74) is 12.5. The lowest BCUT2D eigenvalue weighted by Crippen LogP contribution is -2.47. The van der Waals surface area contributed by atoms with Gasteiger partial charge in [-0.2, -0.15) is 0 Å². The Balaban J connectivity index is 0.000000125. The molecule has 144 heavy (non-hydrogen) atoms. The van der Waals surface area contributed by atoms with Crippen molar-refractivity contribution in [3.05, 3.63) is 258 Å². The van der Waals surface area contributed by atoms with Crippen LogP contribution in [0.1, 0.15) is 243 Å². The molecule has 10 aromatic rings. The van der Waals surface area contributed by atoms with Crippen LogP contribution in [0.3, 0.4) is 0 Å². The lowest BCUT2D eigenvalue weighted by Gasteiger charge is -2.32. The number of furan rings is 1. The van der Waals surface area contributed by atoms with Crippen molar-refractivity contribution in [1.29, 1.82) is 0 Å². The number of ether oxygens (including phenoxy) is 6. The number of fused-ring (bicyclic) bond motifs is 10. The molecular formula is C113H120N8O22S. The molecule has 31 heteroatoms. The van der Waals surface area contributed by atoms with Gasteiger partial charge in [0.2, 0.25) is 0 Å². The second-order valence-electron chi connectivity index (χ2n) is 39.0. The van der Waals surface area contributed by atoms with Gasteiger partial charge in [0.25, 0.3) is 36.0 Å². The van der Waals surface area contributed by atoms with Gasteiger partial charge in [-0.05, 0) is 195 Å². The van der Waals surface area contributed by atoms with E-state index in [2.05, 4.69) is 120 Å². The Bertz CT molecular complexity index is 6370. The number of hydrogen-bond donors (Lipinski definition) is 1. The molecule has 0 spiro atoms. The van der Waals surface area contributed by atoms with Crippen molar-refractivity contribution in [3.8, 4) is 23.0 Å². The van der Waals surface area contributed by atoms with Crippen molar-refractivity contribution in [3.63, 3.8) is 0 Å². The first kappa shape index (κ1) is 101. The number of carbonyl (C=O) groups is 14. The van der Waals surface area contributed by atoms with Crippen LogP contribution in [0.15, 0.2) is 174 Å². The van der Waals surface area contributed by atoms with Gasteiger partial charge in [-0.3, -0.25) is 91.6 Å². The largest absolute Gasteiger partial charge is 0.489 e. The Morgan fingerprint density at radius 1 is 0.375 bits per heavy atom. The van der Waals surface area contributed by atoms with Gasteiger partial charge in [0.05, 0.1) is 105 Å². The summed E-state index contributed by atoms with van der Waals surface area (Å²) in [7, 11) is 0. The molecule has 4 aliphatic carbocycles. The Hall–Kier alpha value is -13.4. The average Bonchev–Trinajstić information content (AvgIpc) is 1.61. The maximum absolute atomic E-state index is 13.2. The Kier molecular flexibility index (Phi) is 31.7. The van der Waals surface area contributed by atoms with Crippen LogP contribution in [0.2, 0.25) is 0 Å². The molecule has 8 atom stereocenters. The molecule has 12 aliphatic rings. The van der Waals surface area contributed by atoms with Gasteiger partial charge in [-0.1, -0.05) is 119 Å². The normalized spacial score (nSPS) is 21.8. The first-order chi connectivity index (χ1) is 69.8. The van der Waals surface area contributed by atoms with Gasteiger partial charge in [0, 0.05) is 126 Å². The SMILES string of the molecule is CCN(CC)Cc1ccc2cc(COc3cccc4c3CN(C3CCC(=O)CC3=O)C4=O)sc2c1.CCN(CC)Cc1ccc2oc(COc3cccc4c3CN(C3CCC(=O)CC3=O)C4=O)cc2c1.O=C1CCC(N2C(=O)c3cccc(OCc4ccc(CN5CC6CCC(C5)O6)cc4)c3C2=O)C(=O)C1.O=C1CCC(N2Cc3c(OCc4ccc(CN5CC6CCC(C5)O6)cc4)cccc3C2=O)C(=O)C1.O=CO. The van der Waals surface area contributed by atoms with E-state index in [1.807, 2.05) is 54.6 Å². The number of rotatable bonds is 28. The zero-order chi connectivity index (χ0) is 101. The van der Waals surface area contributed by atoms with E-state index in [1.165, 1.54) is 45.2 Å². The Morgan fingerprint density at radius 3 is 1.17 bits per heavy atom. The molecule has 8 aromatic carbocycles. The van der Waals surface area contributed by atoms with Crippen molar-refractivity contribution in [1.82, 2.24) is 39.2 Å². The fourth-order valence-corrected chi connectivity index (χ4v) is 22.9. The van der Waals surface area contributed by atoms with Gasteiger partial charge in [-0.25, -0.2) is 0 Å². The number of morpholine rings is 2. The summed E-state index contributed by atoms with van der Waals surface area (Å²) in [6, 6.07) is 52.6. The van der Waals surface area contributed by atoms with Gasteiger partial charge in [0.1, 0.15) is 83.9 Å². The van der Waals surface area contributed by atoms with Gasteiger partial charge < -0.3 is 52.6 Å². The predicted molar refractivity (Wildman–Crippen MR) is 533 cm³/mol. The Morgan fingerprint density at radius 2 is 0.743 bits per heavy atom. The van der Waals surface area contributed by atoms with Crippen LogP contribution >= 0.6 is 11.3 Å². The highest BCUT2D eigenvalue weighted by Gasteiger charge is 2.48. The maximum atomic E-state index is 13.2. The number of likely N-dealkylation sites (tertiary alicyclic amines) is 2. The third kappa shape index (κ3) is 22.9. The molecule has 1 N–H and O–H groups in total. The van der Waals surface area contributed by atoms with E-state index in [-0.39, 0.29) is 133 Å². The monoisotopic (exact) mass is 1970 g/mol. The molecule has 2 aromatic heterocycles. The average molecular weight is 1970 g/mol. The van der Waals surface area contributed by atoms with Crippen LogP contribution in [-0.4, -0.2) is 228 Å². The number of thiophene rings is 1. The number of benzene rings is 8. The van der Waals surface area contributed by atoms with Crippen molar-refractivity contribution >= 4 is 115 Å². The molecule has 5 amide bonds. The lowest BCUT2D eigenvalue weighted by atomic mass is 9.92. The van der Waals surface area contributed by atoms with Crippen LogP contribution < -0.4 is 18.9 Å². The minimum Gasteiger partial charge on any atom is -0.489 e. The summed E-state index contributed by atoms with van der Waals surface area (Å²) in [5.74, 6) is 0.315. The van der Waals surface area contributed by atoms with Gasteiger partial charge in [0.15, 0.2) is 23.1 Å². The fraction of sp³-hybridized carbons (Fsp3) is 0.416. The Labute approximate surface area is 839 Å². The second-order valence-corrected chi connectivity index (χ2v) is 40.2. The van der Waals surface area contributed by atoms with Crippen LogP contribution in [0.5, 0.6) is 23.0 Å². The summed E-state index contributed by atoms with van der Waals surface area (Å²) >= 11 is 1.73. The third-order valence-electron chi connectivity index (χ3n) is 29.5. The summed E-state index contributed by atoms with van der Waals surface area (Å²) in [4.78, 5) is 186. The molecule has 4 saturated heterocycles. The first-order valence-corrected chi connectivity index (χ1v) is 51.1. The van der Waals surface area contributed by atoms with Crippen molar-refractivity contribution in [2.45, 2.75) is 251 Å². The number of carbonyl (C=O) groups excluding carboxylic acids is 13. The third-order valence-corrected chi connectivity index (χ3v) is 30.5. The van der Waals surface area contributed by atoms with Crippen molar-refractivity contribution < 1.29 is 105 Å². The predicted octanol–water partition coefficient (Wildman–Crippen LogP) is 15.4. The zero-order valence-corrected chi connectivity index (χ0v) is 82.4. The van der Waals surface area contributed by atoms with Crippen molar-refractivity contribution in [2.24, 2.45) is 0 Å². The number of amides is 5. The zero-order valence-electron chi connectivity index (χ0n) is 81.6. The summed E-state index contributed by atoms with van der Waals surface area (Å²) in [5, 5.41) is 9.14. The quantitative estimate of drug-likeness (QED) is 0.0270. The van der Waals surface area contributed by atoms with E-state index in [0.29, 0.717) is 141 Å². The number of nitrogens with zero attached hydrogens (tertiary/aromatic N) is 8. The van der Waals surface area contributed by atoms with Crippen LogP contribution in [0.4, 0.5) is 0 Å². The van der Waals surface area contributed by atoms with Crippen LogP contribution in [0, 0.1) is 0 Å². The van der Waals surface area contributed by atoms with Gasteiger partial charge >= 0.3 is 0 Å². The number of ketones is 8. The minimum absolute atomic E-state index is 0.0389. The van der Waals surface area contributed by atoms with E-state index in [9.17, 15) is 62.3 Å². The minimum atomic E-state index is -0.892. The molecule has 30 nitrogen and oxygen atoms in total. The van der Waals surface area contributed by atoms with Crippen molar-refractivity contribution in [2.75, 3.05) is 52.4 Å². The van der Waals surface area contributed by atoms with Crippen LogP contribution in [0.25, 0.3) is 21.1 Å². The molecule has 22 rings (SSSR count). The molecule has 0 radical (unpaired) electrons. The van der Waals surface area contributed by atoms with Crippen LogP contribution in [-0.2, 0) is 125 Å². The lowest BCUT2D eigenvalue weighted by molar-refractivity contribution is -0.134. The molecule has 750 valence electrons. The molecule has 4 saturated carbocycles. The second kappa shape index (κ2) is 45.3. The van der Waals surface area contributed by atoms with E-state index < -0.39 is 36.0 Å². The van der Waals surface area contributed by atoms with E-state index >= 15 is 0 Å². The molecule has 8 fully saturated rings. The fourth-order valence-electron chi connectivity index (χ4n) is 21.8. The number of hydrogen-bond acceptors (Lipinski definition) is 26. The highest BCUT2D eigenvalue weighted by Crippen LogP contribution is 2.42. The molecule has 8 aliphatic heterocycles. The molecule has 8 unspecified atom stereocenters. The molecule has 10 heterocycles. The topological polar surface area (TPSA) is 354 Å². The number of imide groups is 1. The van der Waals surface area contributed by atoms with E-state index in [1.54, 1.807) is 68.5 Å². The number of carboxylic acid groups (broad SMARTS) is 1. The van der Waals surface area contributed by atoms with Gasteiger partial charge in [-0.15, -0.1) is 11.3 Å².